The van der Waals surface area contributed by atoms with Crippen LogP contribution in [0.15, 0.2) is 18.2 Å². The Balaban J connectivity index is 1.89. The van der Waals surface area contributed by atoms with Crippen LogP contribution in [0.2, 0.25) is 5.02 Å². The van der Waals surface area contributed by atoms with E-state index < -0.39 is 0 Å². The number of halogens is 1. The van der Waals surface area contributed by atoms with Gasteiger partial charge in [-0.15, -0.1) is 0 Å². The van der Waals surface area contributed by atoms with Crippen LogP contribution in [0.1, 0.15) is 24.0 Å². The average Bonchev–Trinajstić information content (AvgIpc) is 2.38. The highest BCUT2D eigenvalue weighted by Crippen LogP contribution is 2.28. The zero-order valence-electron chi connectivity index (χ0n) is 9.82. The number of benzene rings is 1. The molecule has 1 heterocycles. The maximum absolute atomic E-state index is 6.23. The fourth-order valence-corrected chi connectivity index (χ4v) is 3.43. The highest BCUT2D eigenvalue weighted by atomic mass is 35.5. The van der Waals surface area contributed by atoms with Gasteiger partial charge in [-0.1, -0.05) is 23.7 Å². The number of ether oxygens (including phenoxy) is 1. The second-order valence-corrected chi connectivity index (χ2v) is 5.95. The van der Waals surface area contributed by atoms with E-state index in [0.29, 0.717) is 11.8 Å². The van der Waals surface area contributed by atoms with Gasteiger partial charge in [0.25, 0.3) is 0 Å². The first kappa shape index (κ1) is 13.2. The third-order valence-electron chi connectivity index (χ3n) is 3.00. The molecule has 17 heavy (non-hydrogen) atoms. The van der Waals surface area contributed by atoms with E-state index in [1.54, 1.807) is 0 Å². The van der Waals surface area contributed by atoms with Crippen molar-refractivity contribution in [1.29, 1.82) is 0 Å². The highest BCUT2D eigenvalue weighted by molar-refractivity contribution is 7.99. The summed E-state index contributed by atoms with van der Waals surface area (Å²) >= 11 is 8.21. The van der Waals surface area contributed by atoms with Crippen molar-refractivity contribution in [3.05, 3.63) is 34.3 Å². The third-order valence-corrected chi connectivity index (χ3v) is 4.77. The van der Waals surface area contributed by atoms with E-state index >= 15 is 0 Å². The molecule has 1 aromatic carbocycles. The lowest BCUT2D eigenvalue weighted by atomic mass is 10.1. The van der Waals surface area contributed by atoms with Crippen LogP contribution in [0.4, 0.5) is 0 Å². The number of thioether (sulfide) groups is 1. The molecule has 1 fully saturated rings. The van der Waals surface area contributed by atoms with E-state index in [-0.39, 0.29) is 0 Å². The third kappa shape index (κ3) is 3.88. The predicted molar refractivity (Wildman–Crippen MR) is 74.5 cm³/mol. The molecule has 1 aliphatic rings. The highest BCUT2D eigenvalue weighted by Gasteiger charge is 2.14. The maximum Gasteiger partial charge on any atom is 0.0476 e. The van der Waals surface area contributed by atoms with Crippen LogP contribution in [0.25, 0.3) is 0 Å². The molecule has 0 bridgehead atoms. The SMILES string of the molecule is NCc1ccc(CSC2CCOCC2)c(Cl)c1. The van der Waals surface area contributed by atoms with Crippen LogP contribution in [0.3, 0.4) is 0 Å². The predicted octanol–water partition coefficient (Wildman–Crippen LogP) is 3.21. The summed E-state index contributed by atoms with van der Waals surface area (Å²) in [7, 11) is 0. The van der Waals surface area contributed by atoms with Gasteiger partial charge in [0.1, 0.15) is 0 Å². The van der Waals surface area contributed by atoms with Crippen LogP contribution in [-0.2, 0) is 17.0 Å². The second-order valence-electron chi connectivity index (χ2n) is 4.25. The Labute approximate surface area is 112 Å². The quantitative estimate of drug-likeness (QED) is 0.913. The summed E-state index contributed by atoms with van der Waals surface area (Å²) in [6.45, 7) is 2.35. The standard InChI is InChI=1S/C13H18ClNOS/c14-13-7-10(8-15)1-2-11(13)9-17-12-3-5-16-6-4-12/h1-2,7,12H,3-6,8-9,15H2. The van der Waals surface area contributed by atoms with Crippen molar-refractivity contribution in [2.24, 2.45) is 5.73 Å². The molecule has 2 rings (SSSR count). The number of nitrogens with two attached hydrogens (primary N) is 1. The molecule has 0 unspecified atom stereocenters. The van der Waals surface area contributed by atoms with Crippen molar-refractivity contribution in [1.82, 2.24) is 0 Å². The van der Waals surface area contributed by atoms with E-state index in [0.717, 1.165) is 42.4 Å². The first-order valence-electron chi connectivity index (χ1n) is 5.96. The molecule has 94 valence electrons. The van der Waals surface area contributed by atoms with Gasteiger partial charge < -0.3 is 10.5 Å². The number of rotatable bonds is 4. The molecule has 1 aliphatic heterocycles. The summed E-state index contributed by atoms with van der Waals surface area (Å²) in [4.78, 5) is 0. The minimum atomic E-state index is 0.549. The Bertz CT molecular complexity index is 366. The second kappa shape index (κ2) is 6.64. The first-order valence-corrected chi connectivity index (χ1v) is 7.39. The van der Waals surface area contributed by atoms with Crippen molar-refractivity contribution in [3.8, 4) is 0 Å². The van der Waals surface area contributed by atoms with Gasteiger partial charge in [-0.05, 0) is 30.0 Å². The molecule has 1 saturated heterocycles. The zero-order valence-corrected chi connectivity index (χ0v) is 11.4. The van der Waals surface area contributed by atoms with Crippen molar-refractivity contribution >= 4 is 23.4 Å². The lowest BCUT2D eigenvalue weighted by Gasteiger charge is -2.21. The van der Waals surface area contributed by atoms with Crippen LogP contribution in [0.5, 0.6) is 0 Å². The fourth-order valence-electron chi connectivity index (χ4n) is 1.89. The van der Waals surface area contributed by atoms with Crippen LogP contribution >= 0.6 is 23.4 Å². The summed E-state index contributed by atoms with van der Waals surface area (Å²) in [6.07, 6.45) is 2.31. The summed E-state index contributed by atoms with van der Waals surface area (Å²) in [6, 6.07) is 6.13. The Kier molecular flexibility index (Phi) is 5.16. The molecule has 0 saturated carbocycles. The summed E-state index contributed by atoms with van der Waals surface area (Å²) < 4.78 is 5.35. The van der Waals surface area contributed by atoms with Gasteiger partial charge in [0.05, 0.1) is 0 Å². The Morgan fingerprint density at radius 1 is 1.35 bits per heavy atom. The molecule has 0 aromatic heterocycles. The van der Waals surface area contributed by atoms with Crippen molar-refractivity contribution < 1.29 is 4.74 Å². The molecule has 1 aromatic rings. The van der Waals surface area contributed by atoms with Gasteiger partial charge in [0, 0.05) is 35.8 Å². The number of hydrogen-bond donors (Lipinski definition) is 1. The van der Waals surface area contributed by atoms with Crippen LogP contribution in [-0.4, -0.2) is 18.5 Å². The van der Waals surface area contributed by atoms with Crippen molar-refractivity contribution in [3.63, 3.8) is 0 Å². The van der Waals surface area contributed by atoms with Crippen molar-refractivity contribution in [2.45, 2.75) is 30.4 Å². The zero-order chi connectivity index (χ0) is 12.1. The lowest BCUT2D eigenvalue weighted by molar-refractivity contribution is 0.1000. The minimum absolute atomic E-state index is 0.549. The monoisotopic (exact) mass is 271 g/mol. The topological polar surface area (TPSA) is 35.2 Å². The van der Waals surface area contributed by atoms with Gasteiger partial charge in [-0.2, -0.15) is 11.8 Å². The summed E-state index contributed by atoms with van der Waals surface area (Å²) in [5, 5.41) is 1.56. The summed E-state index contributed by atoms with van der Waals surface area (Å²) in [5.41, 5.74) is 7.88. The molecule has 0 amide bonds. The van der Waals surface area contributed by atoms with Gasteiger partial charge in [0.2, 0.25) is 0 Å². The van der Waals surface area contributed by atoms with E-state index in [9.17, 15) is 0 Å². The minimum Gasteiger partial charge on any atom is -0.381 e. The molecule has 2 N–H and O–H groups in total. The van der Waals surface area contributed by atoms with E-state index in [1.807, 2.05) is 17.8 Å². The largest absolute Gasteiger partial charge is 0.381 e. The Hall–Kier alpha value is -0.220. The molecule has 0 aliphatic carbocycles. The molecular weight excluding hydrogens is 254 g/mol. The molecule has 2 nitrogen and oxygen atoms in total. The smallest absolute Gasteiger partial charge is 0.0476 e. The normalized spacial score (nSPS) is 17.3. The average molecular weight is 272 g/mol. The first-order chi connectivity index (χ1) is 8.29. The van der Waals surface area contributed by atoms with Gasteiger partial charge in [-0.3, -0.25) is 0 Å². The molecular formula is C13H18ClNOS. The maximum atomic E-state index is 6.23. The van der Waals surface area contributed by atoms with Gasteiger partial charge in [-0.25, -0.2) is 0 Å². The Morgan fingerprint density at radius 3 is 2.76 bits per heavy atom. The molecule has 0 radical (unpaired) electrons. The van der Waals surface area contributed by atoms with Gasteiger partial charge >= 0.3 is 0 Å². The van der Waals surface area contributed by atoms with Crippen molar-refractivity contribution in [2.75, 3.05) is 13.2 Å². The lowest BCUT2D eigenvalue weighted by Crippen LogP contribution is -2.17. The van der Waals surface area contributed by atoms with Crippen LogP contribution < -0.4 is 5.73 Å². The molecule has 0 atom stereocenters. The van der Waals surface area contributed by atoms with E-state index in [1.165, 1.54) is 5.56 Å². The summed E-state index contributed by atoms with van der Waals surface area (Å²) in [5.74, 6) is 0.981. The fraction of sp³-hybridized carbons (Fsp3) is 0.538. The van der Waals surface area contributed by atoms with E-state index in [2.05, 4.69) is 12.1 Å². The van der Waals surface area contributed by atoms with Gasteiger partial charge in [0.15, 0.2) is 0 Å². The molecule has 4 heteroatoms. The molecule has 0 spiro atoms. The number of hydrogen-bond acceptors (Lipinski definition) is 3. The Morgan fingerprint density at radius 2 is 2.12 bits per heavy atom. The van der Waals surface area contributed by atoms with E-state index in [4.69, 9.17) is 22.1 Å². The van der Waals surface area contributed by atoms with Crippen LogP contribution in [0, 0.1) is 0 Å².